The van der Waals surface area contributed by atoms with Crippen LogP contribution in [0.15, 0.2) is 23.1 Å². The molecule has 3 nitrogen and oxygen atoms in total. The lowest BCUT2D eigenvalue weighted by Gasteiger charge is -2.31. The molecule has 18 heavy (non-hydrogen) atoms. The van der Waals surface area contributed by atoms with E-state index < -0.39 is 6.36 Å². The monoisotopic (exact) mass is 278 g/mol. The number of rotatable bonds is 3. The maximum absolute atomic E-state index is 11.9. The van der Waals surface area contributed by atoms with E-state index in [0.29, 0.717) is 12.2 Å². The van der Waals surface area contributed by atoms with Crippen molar-refractivity contribution in [1.82, 2.24) is 0 Å². The molecular weight excluding hydrogens is 265 g/mol. The van der Waals surface area contributed by atoms with Crippen LogP contribution in [0.3, 0.4) is 0 Å². The van der Waals surface area contributed by atoms with Crippen LogP contribution in [0.4, 0.5) is 24.5 Å². The highest BCUT2D eigenvalue weighted by Gasteiger charge is 2.29. The fourth-order valence-electron chi connectivity index (χ4n) is 1.79. The molecule has 0 bridgehead atoms. The highest BCUT2D eigenvalue weighted by atomic mass is 32.2. The summed E-state index contributed by atoms with van der Waals surface area (Å²) in [6.07, 6.45) is -4.57. The molecule has 0 radical (unpaired) electrons. The second-order valence-corrected chi connectivity index (χ2v) is 4.99. The highest BCUT2D eigenvalue weighted by molar-refractivity contribution is 7.99. The van der Waals surface area contributed by atoms with Crippen LogP contribution in [0, 0.1) is 0 Å². The van der Waals surface area contributed by atoms with Crippen molar-refractivity contribution in [3.05, 3.63) is 18.2 Å². The molecule has 2 N–H and O–H groups in total. The van der Waals surface area contributed by atoms with Crippen molar-refractivity contribution < 1.29 is 17.9 Å². The number of alkyl halides is 3. The third-order valence-electron chi connectivity index (χ3n) is 2.57. The molecule has 0 atom stereocenters. The van der Waals surface area contributed by atoms with Gasteiger partial charge in [-0.2, -0.15) is 0 Å². The number of hydrogen-bond donors (Lipinski definition) is 1. The SMILES string of the molecule is Nc1ccc2c(c1)N(CCOC(F)(F)F)CCS2. The lowest BCUT2D eigenvalue weighted by molar-refractivity contribution is -0.323. The third-order valence-corrected chi connectivity index (χ3v) is 3.61. The zero-order valence-corrected chi connectivity index (χ0v) is 10.4. The summed E-state index contributed by atoms with van der Waals surface area (Å²) in [5.41, 5.74) is 7.19. The summed E-state index contributed by atoms with van der Waals surface area (Å²) in [5, 5.41) is 0. The second-order valence-electron chi connectivity index (χ2n) is 3.86. The van der Waals surface area contributed by atoms with E-state index >= 15 is 0 Å². The number of anilines is 2. The summed E-state index contributed by atoms with van der Waals surface area (Å²) in [4.78, 5) is 2.91. The first-order chi connectivity index (χ1) is 8.46. The van der Waals surface area contributed by atoms with E-state index in [0.717, 1.165) is 16.3 Å². The minimum absolute atomic E-state index is 0.205. The van der Waals surface area contributed by atoms with Crippen LogP contribution in [-0.4, -0.2) is 31.8 Å². The first-order valence-corrected chi connectivity index (χ1v) is 6.42. The minimum Gasteiger partial charge on any atom is -0.399 e. The Morgan fingerprint density at radius 1 is 1.39 bits per heavy atom. The largest absolute Gasteiger partial charge is 0.522 e. The Balaban J connectivity index is 2.01. The van der Waals surface area contributed by atoms with Crippen molar-refractivity contribution in [2.75, 3.05) is 36.1 Å². The van der Waals surface area contributed by atoms with E-state index in [1.54, 1.807) is 23.9 Å². The van der Waals surface area contributed by atoms with Gasteiger partial charge in [-0.1, -0.05) is 0 Å². The van der Waals surface area contributed by atoms with E-state index in [4.69, 9.17) is 5.73 Å². The van der Waals surface area contributed by atoms with Gasteiger partial charge in [-0.15, -0.1) is 24.9 Å². The van der Waals surface area contributed by atoms with E-state index in [1.807, 2.05) is 11.0 Å². The molecule has 1 heterocycles. The molecule has 7 heteroatoms. The van der Waals surface area contributed by atoms with Gasteiger partial charge in [-0.05, 0) is 18.2 Å². The van der Waals surface area contributed by atoms with Crippen molar-refractivity contribution in [3.8, 4) is 0 Å². The highest BCUT2D eigenvalue weighted by Crippen LogP contribution is 2.35. The number of nitrogens with two attached hydrogens (primary N) is 1. The molecule has 0 saturated carbocycles. The lowest BCUT2D eigenvalue weighted by atomic mass is 10.2. The van der Waals surface area contributed by atoms with Crippen LogP contribution >= 0.6 is 11.8 Å². The van der Waals surface area contributed by atoms with Gasteiger partial charge in [0.05, 0.1) is 12.3 Å². The first kappa shape index (κ1) is 13.4. The van der Waals surface area contributed by atoms with Crippen molar-refractivity contribution in [3.63, 3.8) is 0 Å². The molecule has 0 amide bonds. The van der Waals surface area contributed by atoms with Crippen LogP contribution in [0.5, 0.6) is 0 Å². The Hall–Kier alpha value is -1.08. The predicted molar refractivity (Wildman–Crippen MR) is 65.8 cm³/mol. The summed E-state index contributed by atoms with van der Waals surface area (Å²) in [6.45, 7) is 0.529. The predicted octanol–water partition coefficient (Wildman–Crippen LogP) is 2.72. The average molecular weight is 278 g/mol. The third kappa shape index (κ3) is 3.46. The Kier molecular flexibility index (Phi) is 3.91. The molecule has 0 aliphatic carbocycles. The number of halogens is 3. The molecule has 2 rings (SSSR count). The molecule has 0 aromatic heterocycles. The van der Waals surface area contributed by atoms with Gasteiger partial charge < -0.3 is 10.6 Å². The molecule has 100 valence electrons. The van der Waals surface area contributed by atoms with Crippen molar-refractivity contribution >= 4 is 23.1 Å². The fraction of sp³-hybridized carbons (Fsp3) is 0.455. The molecule has 0 unspecified atom stereocenters. The number of benzene rings is 1. The molecule has 1 aromatic carbocycles. The van der Waals surface area contributed by atoms with Gasteiger partial charge in [0.15, 0.2) is 0 Å². The van der Waals surface area contributed by atoms with Gasteiger partial charge in [-0.25, -0.2) is 0 Å². The van der Waals surface area contributed by atoms with Crippen LogP contribution < -0.4 is 10.6 Å². The van der Waals surface area contributed by atoms with Crippen LogP contribution in [0.2, 0.25) is 0 Å². The maximum Gasteiger partial charge on any atom is 0.522 e. The van der Waals surface area contributed by atoms with Gasteiger partial charge in [0.2, 0.25) is 0 Å². The molecule has 0 spiro atoms. The van der Waals surface area contributed by atoms with Crippen molar-refractivity contribution in [2.45, 2.75) is 11.3 Å². The Morgan fingerprint density at radius 3 is 2.89 bits per heavy atom. The topological polar surface area (TPSA) is 38.5 Å². The van der Waals surface area contributed by atoms with E-state index in [2.05, 4.69) is 4.74 Å². The summed E-state index contributed by atoms with van der Waals surface area (Å²) >= 11 is 1.68. The van der Waals surface area contributed by atoms with E-state index in [1.165, 1.54) is 0 Å². The number of fused-ring (bicyclic) bond motifs is 1. The van der Waals surface area contributed by atoms with Gasteiger partial charge in [0.25, 0.3) is 0 Å². The van der Waals surface area contributed by atoms with Gasteiger partial charge in [0, 0.05) is 29.4 Å². The van der Waals surface area contributed by atoms with E-state index in [9.17, 15) is 13.2 Å². The Labute approximate surface area is 107 Å². The van der Waals surface area contributed by atoms with Crippen LogP contribution in [0.1, 0.15) is 0 Å². The van der Waals surface area contributed by atoms with Crippen LogP contribution in [0.25, 0.3) is 0 Å². The number of nitrogens with zero attached hydrogens (tertiary/aromatic N) is 1. The Bertz CT molecular complexity index is 425. The summed E-state index contributed by atoms with van der Waals surface area (Å²) in [5.74, 6) is 0.850. The first-order valence-electron chi connectivity index (χ1n) is 5.44. The normalized spacial score (nSPS) is 15.6. The van der Waals surface area contributed by atoms with Crippen molar-refractivity contribution in [1.29, 1.82) is 0 Å². The summed E-state index contributed by atoms with van der Waals surface area (Å²) in [6, 6.07) is 5.47. The molecule has 0 fully saturated rings. The standard InChI is InChI=1S/C11H13F3N2OS/c12-11(13,14)17-5-3-16-4-6-18-10-2-1-8(15)7-9(10)16/h1-2,7H,3-6,15H2. The van der Waals surface area contributed by atoms with Crippen LogP contribution in [-0.2, 0) is 4.74 Å². The zero-order valence-electron chi connectivity index (χ0n) is 9.54. The van der Waals surface area contributed by atoms with Gasteiger partial charge in [0.1, 0.15) is 0 Å². The number of thioether (sulfide) groups is 1. The number of ether oxygens (including phenoxy) is 1. The van der Waals surface area contributed by atoms with E-state index in [-0.39, 0.29) is 13.2 Å². The summed E-state index contributed by atoms with van der Waals surface area (Å²) in [7, 11) is 0. The molecule has 1 aliphatic rings. The smallest absolute Gasteiger partial charge is 0.399 e. The molecular formula is C11H13F3N2OS. The fourth-order valence-corrected chi connectivity index (χ4v) is 2.83. The number of hydrogen-bond acceptors (Lipinski definition) is 4. The number of nitrogen functional groups attached to an aromatic ring is 1. The zero-order chi connectivity index (χ0) is 13.2. The molecule has 1 aliphatic heterocycles. The van der Waals surface area contributed by atoms with Gasteiger partial charge in [-0.3, -0.25) is 4.74 Å². The lowest BCUT2D eigenvalue weighted by Crippen LogP contribution is -2.33. The van der Waals surface area contributed by atoms with Gasteiger partial charge >= 0.3 is 6.36 Å². The minimum atomic E-state index is -4.57. The second kappa shape index (κ2) is 5.27. The molecule has 1 aromatic rings. The molecule has 0 saturated heterocycles. The average Bonchev–Trinajstić information content (AvgIpc) is 2.28. The Morgan fingerprint density at radius 2 is 2.17 bits per heavy atom. The summed E-state index contributed by atoms with van der Waals surface area (Å²) < 4.78 is 39.5. The maximum atomic E-state index is 11.9. The quantitative estimate of drug-likeness (QED) is 0.863. The van der Waals surface area contributed by atoms with Crippen molar-refractivity contribution in [2.24, 2.45) is 0 Å².